The molecule has 0 fully saturated rings. The molecule has 0 bridgehead atoms. The summed E-state index contributed by atoms with van der Waals surface area (Å²) in [6.45, 7) is 1.67. The number of rotatable bonds is 7. The minimum absolute atomic E-state index is 0.206. The van der Waals surface area contributed by atoms with Gasteiger partial charge in [0.25, 0.3) is 0 Å². The van der Waals surface area contributed by atoms with Gasteiger partial charge in [-0.05, 0) is 12.0 Å². The van der Waals surface area contributed by atoms with Gasteiger partial charge in [0.2, 0.25) is 5.91 Å². The maximum Gasteiger partial charge on any atom is 0.220 e. The van der Waals surface area contributed by atoms with Crippen LogP contribution in [-0.4, -0.2) is 57.3 Å². The molecule has 1 aliphatic carbocycles. The average Bonchev–Trinajstić information content (AvgIpc) is 2.44. The second kappa shape index (κ2) is 8.36. The first-order chi connectivity index (χ1) is 9.51. The molecular formula is C14H25NO5. The zero-order chi connectivity index (χ0) is 15.1. The molecule has 0 aliphatic heterocycles. The molecule has 0 radical (unpaired) electrons. The van der Waals surface area contributed by atoms with Gasteiger partial charge in [-0.15, -0.1) is 0 Å². The molecule has 1 unspecified atom stereocenters. The molecule has 0 aromatic heterocycles. The number of unbranched alkanes of at least 4 members (excludes halogenated alkanes) is 3. The van der Waals surface area contributed by atoms with Crippen molar-refractivity contribution in [2.75, 3.05) is 6.61 Å². The Bertz CT molecular complexity index is 344. The largest absolute Gasteiger partial charge is 0.392 e. The van der Waals surface area contributed by atoms with Crippen LogP contribution in [0.4, 0.5) is 0 Å². The van der Waals surface area contributed by atoms with Crippen LogP contribution in [0.3, 0.4) is 0 Å². The first-order valence-corrected chi connectivity index (χ1v) is 7.16. The maximum atomic E-state index is 11.7. The Labute approximate surface area is 119 Å². The smallest absolute Gasteiger partial charge is 0.220 e. The molecule has 116 valence electrons. The van der Waals surface area contributed by atoms with Crippen molar-refractivity contribution in [1.29, 1.82) is 0 Å². The Morgan fingerprint density at radius 3 is 2.50 bits per heavy atom. The normalized spacial score (nSPS) is 29.9. The Hall–Kier alpha value is -0.950. The van der Waals surface area contributed by atoms with Crippen molar-refractivity contribution in [3.8, 4) is 0 Å². The number of carbonyl (C=O) groups excluding carboxylic acids is 1. The number of hydrogen-bond donors (Lipinski definition) is 5. The molecule has 1 amide bonds. The molecule has 0 saturated heterocycles. The lowest BCUT2D eigenvalue weighted by atomic mass is 9.88. The minimum atomic E-state index is -1.41. The van der Waals surface area contributed by atoms with Crippen molar-refractivity contribution in [2.45, 2.75) is 63.4 Å². The summed E-state index contributed by atoms with van der Waals surface area (Å²) >= 11 is 0. The fraction of sp³-hybridized carbons (Fsp3) is 0.786. The third kappa shape index (κ3) is 4.56. The lowest BCUT2D eigenvalue weighted by Gasteiger charge is -2.34. The molecule has 20 heavy (non-hydrogen) atoms. The van der Waals surface area contributed by atoms with E-state index < -0.39 is 31.0 Å². The molecule has 6 nitrogen and oxygen atoms in total. The van der Waals surface area contributed by atoms with E-state index >= 15 is 0 Å². The van der Waals surface area contributed by atoms with Crippen LogP contribution in [0.15, 0.2) is 11.6 Å². The molecule has 0 aromatic carbocycles. The van der Waals surface area contributed by atoms with Crippen molar-refractivity contribution >= 4 is 5.91 Å². The second-order valence-electron chi connectivity index (χ2n) is 5.23. The standard InChI is InChI=1S/C14H25NO5/c1-2-3-4-5-6-11(17)15-10-7-9(8-16)12(18)14(20)13(10)19/h7,10,12-14,16,18-20H,2-6,8H2,1H3,(H,15,17)/t10-,12+,13-,14?/m0/s1. The first-order valence-electron chi connectivity index (χ1n) is 7.16. The molecule has 1 rings (SSSR count). The third-order valence-electron chi connectivity index (χ3n) is 3.58. The van der Waals surface area contributed by atoms with Crippen LogP contribution in [0.1, 0.15) is 39.0 Å². The van der Waals surface area contributed by atoms with Gasteiger partial charge < -0.3 is 25.7 Å². The predicted octanol–water partition coefficient (Wildman–Crippen LogP) is -0.543. The fourth-order valence-corrected chi connectivity index (χ4v) is 2.29. The van der Waals surface area contributed by atoms with E-state index in [2.05, 4.69) is 12.2 Å². The van der Waals surface area contributed by atoms with Crippen LogP contribution in [0.2, 0.25) is 0 Å². The lowest BCUT2D eigenvalue weighted by molar-refractivity contribution is -0.124. The summed E-state index contributed by atoms with van der Waals surface area (Å²) in [6, 6.07) is -0.783. The Kier molecular flexibility index (Phi) is 7.15. The lowest BCUT2D eigenvalue weighted by Crippen LogP contribution is -2.55. The highest BCUT2D eigenvalue weighted by molar-refractivity contribution is 5.76. The molecule has 6 heteroatoms. The summed E-state index contributed by atoms with van der Waals surface area (Å²) in [5, 5.41) is 40.8. The van der Waals surface area contributed by atoms with Crippen LogP contribution < -0.4 is 5.32 Å². The SMILES string of the molecule is CCCCCCC(=O)N[C@H]1C=C(CO)[C@@H](O)C(O)[C@H]1O. The van der Waals surface area contributed by atoms with E-state index in [9.17, 15) is 20.1 Å². The number of aliphatic hydroxyl groups is 4. The molecule has 0 spiro atoms. The van der Waals surface area contributed by atoms with Crippen molar-refractivity contribution in [1.82, 2.24) is 5.32 Å². The number of carbonyl (C=O) groups is 1. The molecule has 5 N–H and O–H groups in total. The van der Waals surface area contributed by atoms with Crippen molar-refractivity contribution in [2.24, 2.45) is 0 Å². The van der Waals surface area contributed by atoms with E-state index in [-0.39, 0.29) is 11.5 Å². The van der Waals surface area contributed by atoms with E-state index in [1.807, 2.05) is 0 Å². The highest BCUT2D eigenvalue weighted by atomic mass is 16.4. The number of hydrogen-bond acceptors (Lipinski definition) is 5. The quantitative estimate of drug-likeness (QED) is 0.319. The fourth-order valence-electron chi connectivity index (χ4n) is 2.29. The molecule has 4 atom stereocenters. The summed E-state index contributed by atoms with van der Waals surface area (Å²) in [5.41, 5.74) is 0.207. The monoisotopic (exact) mass is 287 g/mol. The van der Waals surface area contributed by atoms with Crippen LogP contribution in [0, 0.1) is 0 Å². The topological polar surface area (TPSA) is 110 Å². The van der Waals surface area contributed by atoms with Gasteiger partial charge in [0.15, 0.2) is 0 Å². The Morgan fingerprint density at radius 2 is 1.90 bits per heavy atom. The third-order valence-corrected chi connectivity index (χ3v) is 3.58. The number of nitrogens with one attached hydrogen (secondary N) is 1. The minimum Gasteiger partial charge on any atom is -0.392 e. The van der Waals surface area contributed by atoms with Crippen molar-refractivity contribution < 1.29 is 25.2 Å². The molecule has 0 heterocycles. The van der Waals surface area contributed by atoms with Gasteiger partial charge in [0.1, 0.15) is 18.3 Å². The van der Waals surface area contributed by atoms with Crippen LogP contribution in [0.25, 0.3) is 0 Å². The van der Waals surface area contributed by atoms with Crippen LogP contribution >= 0.6 is 0 Å². The predicted molar refractivity (Wildman–Crippen MR) is 73.9 cm³/mol. The summed E-state index contributed by atoms with van der Waals surface area (Å²) in [7, 11) is 0. The zero-order valence-corrected chi connectivity index (χ0v) is 11.8. The second-order valence-corrected chi connectivity index (χ2v) is 5.23. The zero-order valence-electron chi connectivity index (χ0n) is 11.8. The van der Waals surface area contributed by atoms with Gasteiger partial charge >= 0.3 is 0 Å². The summed E-state index contributed by atoms with van der Waals surface area (Å²) in [5.74, 6) is -0.206. The van der Waals surface area contributed by atoms with E-state index in [1.165, 1.54) is 6.08 Å². The number of amides is 1. The Balaban J connectivity index is 2.52. The van der Waals surface area contributed by atoms with E-state index in [0.29, 0.717) is 6.42 Å². The van der Waals surface area contributed by atoms with Gasteiger partial charge in [-0.2, -0.15) is 0 Å². The van der Waals surface area contributed by atoms with Crippen molar-refractivity contribution in [3.63, 3.8) is 0 Å². The number of aliphatic hydroxyl groups excluding tert-OH is 4. The highest BCUT2D eigenvalue weighted by Gasteiger charge is 2.37. The van der Waals surface area contributed by atoms with Crippen LogP contribution in [-0.2, 0) is 4.79 Å². The van der Waals surface area contributed by atoms with Gasteiger partial charge in [-0.1, -0.05) is 32.3 Å². The molecule has 1 aliphatic rings. The van der Waals surface area contributed by atoms with Gasteiger partial charge in [-0.3, -0.25) is 4.79 Å². The molecule has 0 aromatic rings. The molecule has 0 saturated carbocycles. The van der Waals surface area contributed by atoms with E-state index in [4.69, 9.17) is 5.11 Å². The van der Waals surface area contributed by atoms with E-state index in [1.54, 1.807) is 0 Å². The Morgan fingerprint density at radius 1 is 1.20 bits per heavy atom. The van der Waals surface area contributed by atoms with Crippen LogP contribution in [0.5, 0.6) is 0 Å². The maximum absolute atomic E-state index is 11.7. The van der Waals surface area contributed by atoms with Gasteiger partial charge in [-0.25, -0.2) is 0 Å². The van der Waals surface area contributed by atoms with Gasteiger partial charge in [0.05, 0.1) is 12.6 Å². The summed E-state index contributed by atoms with van der Waals surface area (Å²) < 4.78 is 0. The molecular weight excluding hydrogens is 262 g/mol. The van der Waals surface area contributed by atoms with Crippen molar-refractivity contribution in [3.05, 3.63) is 11.6 Å². The summed E-state index contributed by atoms with van der Waals surface area (Å²) in [6.07, 6.45) is 1.73. The van der Waals surface area contributed by atoms with Gasteiger partial charge in [0, 0.05) is 6.42 Å². The highest BCUT2D eigenvalue weighted by Crippen LogP contribution is 2.20. The summed E-state index contributed by atoms with van der Waals surface area (Å²) in [4.78, 5) is 11.7. The average molecular weight is 287 g/mol. The first kappa shape index (κ1) is 17.1. The van der Waals surface area contributed by atoms with E-state index in [0.717, 1.165) is 25.7 Å².